The Kier molecular flexibility index (Phi) is 5.80. The summed E-state index contributed by atoms with van der Waals surface area (Å²) in [7, 11) is 0. The van der Waals surface area contributed by atoms with E-state index in [9.17, 15) is 0 Å². The van der Waals surface area contributed by atoms with E-state index in [1.165, 1.54) is 44.2 Å². The molecule has 7 aromatic rings. The molecule has 1 aliphatic rings. The minimum Gasteiger partial charge on any atom is -0.208 e. The van der Waals surface area contributed by atoms with Crippen LogP contribution in [0.25, 0.3) is 67.2 Å². The number of fused-ring (bicyclic) bond motifs is 5. The van der Waals surface area contributed by atoms with E-state index >= 15 is 0 Å². The van der Waals surface area contributed by atoms with Crippen LogP contribution in [0.1, 0.15) is 25.0 Å². The van der Waals surface area contributed by atoms with Gasteiger partial charge >= 0.3 is 0 Å². The molecular formula is C40H29N3. The van der Waals surface area contributed by atoms with Gasteiger partial charge in [0.25, 0.3) is 0 Å². The second-order valence-electron chi connectivity index (χ2n) is 11.7. The van der Waals surface area contributed by atoms with E-state index in [0.717, 1.165) is 16.7 Å². The predicted molar refractivity (Wildman–Crippen MR) is 177 cm³/mol. The molecule has 3 nitrogen and oxygen atoms in total. The smallest absolute Gasteiger partial charge is 0.164 e. The van der Waals surface area contributed by atoms with Crippen LogP contribution < -0.4 is 0 Å². The fourth-order valence-electron chi connectivity index (χ4n) is 6.62. The maximum Gasteiger partial charge on any atom is 0.164 e. The largest absolute Gasteiger partial charge is 0.208 e. The summed E-state index contributed by atoms with van der Waals surface area (Å²) in [4.78, 5) is 15.2. The molecule has 0 amide bonds. The first kappa shape index (κ1) is 25.3. The lowest BCUT2D eigenvalue weighted by atomic mass is 9.79. The van der Waals surface area contributed by atoms with Gasteiger partial charge in [0.05, 0.1) is 0 Å². The Hall–Kier alpha value is -5.41. The zero-order valence-electron chi connectivity index (χ0n) is 24.1. The van der Waals surface area contributed by atoms with Crippen molar-refractivity contribution in [3.05, 3.63) is 151 Å². The van der Waals surface area contributed by atoms with Gasteiger partial charge in [0.2, 0.25) is 0 Å². The monoisotopic (exact) mass is 551 g/mol. The summed E-state index contributed by atoms with van der Waals surface area (Å²) in [6, 6.07) is 48.9. The Morgan fingerprint density at radius 2 is 0.977 bits per heavy atom. The van der Waals surface area contributed by atoms with E-state index in [4.69, 9.17) is 15.0 Å². The van der Waals surface area contributed by atoms with Crippen LogP contribution in [0, 0.1) is 0 Å². The number of hydrogen-bond donors (Lipinski definition) is 0. The molecule has 6 aromatic carbocycles. The van der Waals surface area contributed by atoms with Gasteiger partial charge in [-0.25, -0.2) is 15.0 Å². The van der Waals surface area contributed by atoms with E-state index in [1.807, 2.05) is 36.4 Å². The molecular weight excluding hydrogens is 522 g/mol. The van der Waals surface area contributed by atoms with Gasteiger partial charge in [-0.3, -0.25) is 0 Å². The minimum atomic E-state index is -0.201. The summed E-state index contributed by atoms with van der Waals surface area (Å²) in [5.74, 6) is 2.03. The Balaban J connectivity index is 1.45. The average molecular weight is 552 g/mol. The third kappa shape index (κ3) is 4.16. The number of hydrogen-bond acceptors (Lipinski definition) is 3. The summed E-state index contributed by atoms with van der Waals surface area (Å²) in [5.41, 5.74) is 10.3. The maximum atomic E-state index is 5.15. The summed E-state index contributed by atoms with van der Waals surface area (Å²) in [5, 5.41) is 2.44. The van der Waals surface area contributed by atoms with E-state index in [0.29, 0.717) is 17.5 Å². The van der Waals surface area contributed by atoms with Crippen molar-refractivity contribution in [1.82, 2.24) is 15.0 Å². The number of benzene rings is 6. The molecule has 0 saturated heterocycles. The van der Waals surface area contributed by atoms with Crippen LogP contribution in [-0.4, -0.2) is 15.0 Å². The lowest BCUT2D eigenvalue weighted by molar-refractivity contribution is 0.666. The zero-order valence-corrected chi connectivity index (χ0v) is 24.1. The summed E-state index contributed by atoms with van der Waals surface area (Å²) < 4.78 is 0. The van der Waals surface area contributed by atoms with Crippen LogP contribution in [0.2, 0.25) is 0 Å². The quantitative estimate of drug-likeness (QED) is 0.218. The van der Waals surface area contributed by atoms with Crippen LogP contribution in [-0.2, 0) is 5.41 Å². The van der Waals surface area contributed by atoms with E-state index < -0.39 is 0 Å². The van der Waals surface area contributed by atoms with Crippen LogP contribution >= 0.6 is 0 Å². The normalized spacial score (nSPS) is 13.1. The van der Waals surface area contributed by atoms with Gasteiger partial charge in [-0.1, -0.05) is 141 Å². The van der Waals surface area contributed by atoms with E-state index in [2.05, 4.69) is 117 Å². The lowest BCUT2D eigenvalue weighted by Gasteiger charge is -2.24. The standard InChI is InChI=1S/C40H29N3/c1-40(2)34-21-13-12-20-31(34)35-33(25-30-23-22-29(24-32(30)36(35)40)26-14-6-3-7-15-26)39-42-37(27-16-8-4-9-17-27)41-38(43-39)28-18-10-5-11-19-28/h3-25H,1-2H3. The van der Waals surface area contributed by atoms with Crippen molar-refractivity contribution in [2.24, 2.45) is 0 Å². The SMILES string of the molecule is CC1(C)c2ccccc2-c2c(-c3nc(-c4ccccc4)nc(-c4ccccc4)n3)cc3ccc(-c4ccccc4)cc3c21. The second-order valence-corrected chi connectivity index (χ2v) is 11.7. The number of rotatable bonds is 4. The summed E-state index contributed by atoms with van der Waals surface area (Å²) in [6.07, 6.45) is 0. The van der Waals surface area contributed by atoms with E-state index in [-0.39, 0.29) is 5.41 Å². The first-order valence-electron chi connectivity index (χ1n) is 14.7. The molecule has 0 bridgehead atoms. The molecule has 0 saturated carbocycles. The fourth-order valence-corrected chi connectivity index (χ4v) is 6.62. The molecule has 1 aliphatic carbocycles. The van der Waals surface area contributed by atoms with Crippen LogP contribution in [0.15, 0.2) is 140 Å². The highest BCUT2D eigenvalue weighted by Gasteiger charge is 2.39. The molecule has 1 heterocycles. The Bertz CT molecular complexity index is 2080. The van der Waals surface area contributed by atoms with Crippen molar-refractivity contribution in [3.8, 4) is 56.4 Å². The molecule has 8 rings (SSSR count). The molecule has 0 N–H and O–H groups in total. The highest BCUT2D eigenvalue weighted by atomic mass is 15.0. The van der Waals surface area contributed by atoms with Gasteiger partial charge in [-0.15, -0.1) is 0 Å². The Morgan fingerprint density at radius 3 is 1.60 bits per heavy atom. The van der Waals surface area contributed by atoms with Gasteiger partial charge in [0, 0.05) is 22.1 Å². The third-order valence-corrected chi connectivity index (χ3v) is 8.68. The number of nitrogens with zero attached hydrogens (tertiary/aromatic N) is 3. The van der Waals surface area contributed by atoms with Crippen molar-refractivity contribution in [1.29, 1.82) is 0 Å². The average Bonchev–Trinajstić information content (AvgIpc) is 3.32. The van der Waals surface area contributed by atoms with Gasteiger partial charge in [0.1, 0.15) is 0 Å². The second kappa shape index (κ2) is 9.85. The van der Waals surface area contributed by atoms with Gasteiger partial charge in [-0.05, 0) is 56.3 Å². The maximum absolute atomic E-state index is 5.15. The lowest BCUT2D eigenvalue weighted by Crippen LogP contribution is -2.15. The van der Waals surface area contributed by atoms with Crippen molar-refractivity contribution >= 4 is 10.8 Å². The Labute approximate surface area is 251 Å². The van der Waals surface area contributed by atoms with Crippen molar-refractivity contribution < 1.29 is 0 Å². The van der Waals surface area contributed by atoms with Crippen LogP contribution in [0.4, 0.5) is 0 Å². The molecule has 0 fully saturated rings. The highest BCUT2D eigenvalue weighted by Crippen LogP contribution is 2.54. The first-order valence-corrected chi connectivity index (χ1v) is 14.7. The molecule has 3 heteroatoms. The molecule has 1 aromatic heterocycles. The molecule has 0 radical (unpaired) electrons. The summed E-state index contributed by atoms with van der Waals surface area (Å²) in [6.45, 7) is 4.68. The van der Waals surface area contributed by atoms with E-state index in [1.54, 1.807) is 0 Å². The molecule has 43 heavy (non-hydrogen) atoms. The van der Waals surface area contributed by atoms with Gasteiger partial charge < -0.3 is 0 Å². The van der Waals surface area contributed by atoms with Crippen LogP contribution in [0.5, 0.6) is 0 Å². The molecule has 0 unspecified atom stereocenters. The molecule has 0 aliphatic heterocycles. The number of aromatic nitrogens is 3. The Morgan fingerprint density at radius 1 is 0.442 bits per heavy atom. The van der Waals surface area contributed by atoms with Crippen molar-refractivity contribution in [2.45, 2.75) is 19.3 Å². The first-order chi connectivity index (χ1) is 21.1. The highest BCUT2D eigenvalue weighted by molar-refractivity contribution is 6.05. The van der Waals surface area contributed by atoms with Crippen molar-refractivity contribution in [2.75, 3.05) is 0 Å². The zero-order chi connectivity index (χ0) is 29.0. The minimum absolute atomic E-state index is 0.201. The predicted octanol–water partition coefficient (Wildman–Crippen LogP) is 10.00. The molecule has 0 spiro atoms. The fraction of sp³-hybridized carbons (Fsp3) is 0.0750. The van der Waals surface area contributed by atoms with Crippen LogP contribution in [0.3, 0.4) is 0 Å². The van der Waals surface area contributed by atoms with Gasteiger partial charge in [-0.2, -0.15) is 0 Å². The van der Waals surface area contributed by atoms with Crippen molar-refractivity contribution in [3.63, 3.8) is 0 Å². The van der Waals surface area contributed by atoms with Gasteiger partial charge in [0.15, 0.2) is 17.5 Å². The molecule has 204 valence electrons. The topological polar surface area (TPSA) is 38.7 Å². The molecule has 0 atom stereocenters. The summed E-state index contributed by atoms with van der Waals surface area (Å²) >= 11 is 0. The third-order valence-electron chi connectivity index (χ3n) is 8.68.